The van der Waals surface area contributed by atoms with Crippen molar-refractivity contribution in [1.82, 2.24) is 4.90 Å². The van der Waals surface area contributed by atoms with E-state index in [1.165, 1.54) is 7.11 Å². The molecule has 5 heteroatoms. The molecule has 0 aliphatic carbocycles. The maximum Gasteiger partial charge on any atom is 0.409 e. The number of hydrogen-bond donors (Lipinski definition) is 0. The number of piperidine rings is 1. The van der Waals surface area contributed by atoms with Gasteiger partial charge in [0, 0.05) is 30.4 Å². The molecule has 1 saturated heterocycles. The predicted molar refractivity (Wildman–Crippen MR) is 71.8 cm³/mol. The Morgan fingerprint density at radius 1 is 1.39 bits per heavy atom. The van der Waals surface area contributed by atoms with Gasteiger partial charge in [-0.15, -0.1) is 0 Å². The van der Waals surface area contributed by atoms with Crippen LogP contribution in [-0.2, 0) is 4.74 Å². The molecular formula is C13H16BrNO3. The van der Waals surface area contributed by atoms with Crippen molar-refractivity contribution in [3.8, 4) is 5.75 Å². The van der Waals surface area contributed by atoms with Crippen LogP contribution < -0.4 is 4.74 Å². The van der Waals surface area contributed by atoms with Crippen LogP contribution in [0.25, 0.3) is 0 Å². The average Bonchev–Trinajstić information content (AvgIpc) is 2.39. The maximum atomic E-state index is 11.3. The molecule has 1 amide bonds. The van der Waals surface area contributed by atoms with Crippen LogP contribution in [0.15, 0.2) is 28.7 Å². The van der Waals surface area contributed by atoms with E-state index in [-0.39, 0.29) is 12.2 Å². The first-order chi connectivity index (χ1) is 8.69. The molecule has 0 unspecified atom stereocenters. The lowest BCUT2D eigenvalue weighted by Gasteiger charge is -2.31. The van der Waals surface area contributed by atoms with Crippen LogP contribution in [0, 0.1) is 0 Å². The lowest BCUT2D eigenvalue weighted by atomic mass is 10.1. The van der Waals surface area contributed by atoms with Gasteiger partial charge in [-0.25, -0.2) is 4.79 Å². The summed E-state index contributed by atoms with van der Waals surface area (Å²) in [5.41, 5.74) is 0. The highest BCUT2D eigenvalue weighted by Gasteiger charge is 2.24. The molecule has 1 aromatic rings. The Labute approximate surface area is 115 Å². The van der Waals surface area contributed by atoms with Crippen LogP contribution in [0.5, 0.6) is 5.75 Å². The third kappa shape index (κ3) is 3.38. The lowest BCUT2D eigenvalue weighted by Crippen LogP contribution is -2.41. The number of halogens is 1. The van der Waals surface area contributed by atoms with Crippen molar-refractivity contribution in [1.29, 1.82) is 0 Å². The fourth-order valence-electron chi connectivity index (χ4n) is 2.02. The molecule has 18 heavy (non-hydrogen) atoms. The Balaban J connectivity index is 1.85. The summed E-state index contributed by atoms with van der Waals surface area (Å²) in [6.07, 6.45) is 1.58. The zero-order valence-corrected chi connectivity index (χ0v) is 11.9. The molecule has 0 bridgehead atoms. The Morgan fingerprint density at radius 2 is 2.11 bits per heavy atom. The van der Waals surface area contributed by atoms with Crippen LogP contribution >= 0.6 is 15.9 Å². The van der Waals surface area contributed by atoms with Crippen molar-refractivity contribution in [3.05, 3.63) is 28.7 Å². The number of amides is 1. The van der Waals surface area contributed by atoms with Gasteiger partial charge in [-0.2, -0.15) is 0 Å². The smallest absolute Gasteiger partial charge is 0.409 e. The topological polar surface area (TPSA) is 38.8 Å². The van der Waals surface area contributed by atoms with Gasteiger partial charge in [-0.1, -0.05) is 22.0 Å². The highest BCUT2D eigenvalue weighted by molar-refractivity contribution is 9.10. The number of nitrogens with zero attached hydrogens (tertiary/aromatic N) is 1. The second kappa shape index (κ2) is 6.09. The molecule has 0 aromatic heterocycles. The number of carbonyl (C=O) groups excluding carboxylic acids is 1. The number of likely N-dealkylation sites (tertiary alicyclic amines) is 1. The normalized spacial score (nSPS) is 16.4. The highest BCUT2D eigenvalue weighted by atomic mass is 79.9. The van der Waals surface area contributed by atoms with Gasteiger partial charge in [0.15, 0.2) is 0 Å². The predicted octanol–water partition coefficient (Wildman–Crippen LogP) is 3.06. The van der Waals surface area contributed by atoms with E-state index < -0.39 is 0 Å². The van der Waals surface area contributed by atoms with Crippen molar-refractivity contribution in [2.45, 2.75) is 18.9 Å². The summed E-state index contributed by atoms with van der Waals surface area (Å²) in [4.78, 5) is 13.0. The average molecular weight is 314 g/mol. The van der Waals surface area contributed by atoms with E-state index in [0.29, 0.717) is 13.1 Å². The molecule has 0 radical (unpaired) electrons. The zero-order chi connectivity index (χ0) is 13.0. The minimum Gasteiger partial charge on any atom is -0.490 e. The molecule has 1 heterocycles. The van der Waals surface area contributed by atoms with Crippen LogP contribution in [0.3, 0.4) is 0 Å². The lowest BCUT2D eigenvalue weighted by molar-refractivity contribution is 0.0791. The Morgan fingerprint density at radius 3 is 2.72 bits per heavy atom. The van der Waals surface area contributed by atoms with Crippen LogP contribution in [0.2, 0.25) is 0 Å². The van der Waals surface area contributed by atoms with E-state index in [2.05, 4.69) is 15.9 Å². The Hall–Kier alpha value is -1.23. The first kappa shape index (κ1) is 13.2. The van der Waals surface area contributed by atoms with E-state index >= 15 is 0 Å². The third-order valence-corrected chi connectivity index (χ3v) is 3.47. The quantitative estimate of drug-likeness (QED) is 0.842. The van der Waals surface area contributed by atoms with Gasteiger partial charge in [0.2, 0.25) is 0 Å². The highest BCUT2D eigenvalue weighted by Crippen LogP contribution is 2.22. The summed E-state index contributed by atoms with van der Waals surface area (Å²) in [6, 6.07) is 7.81. The summed E-state index contributed by atoms with van der Waals surface area (Å²) in [7, 11) is 1.41. The van der Waals surface area contributed by atoms with E-state index in [0.717, 1.165) is 23.1 Å². The number of ether oxygens (including phenoxy) is 2. The van der Waals surface area contributed by atoms with Crippen molar-refractivity contribution < 1.29 is 14.3 Å². The van der Waals surface area contributed by atoms with E-state index in [9.17, 15) is 4.79 Å². The second-order valence-corrected chi connectivity index (χ2v) is 5.15. The van der Waals surface area contributed by atoms with Crippen molar-refractivity contribution in [2.75, 3.05) is 20.2 Å². The first-order valence-corrected chi connectivity index (χ1v) is 6.73. The first-order valence-electron chi connectivity index (χ1n) is 5.94. The summed E-state index contributed by atoms with van der Waals surface area (Å²) in [5.74, 6) is 0.862. The van der Waals surface area contributed by atoms with E-state index in [1.54, 1.807) is 4.90 Å². The molecule has 4 nitrogen and oxygen atoms in total. The van der Waals surface area contributed by atoms with Gasteiger partial charge < -0.3 is 14.4 Å². The largest absolute Gasteiger partial charge is 0.490 e. The van der Waals surface area contributed by atoms with E-state index in [1.807, 2.05) is 24.3 Å². The molecule has 0 saturated carbocycles. The van der Waals surface area contributed by atoms with Gasteiger partial charge >= 0.3 is 6.09 Å². The minimum atomic E-state index is -0.254. The van der Waals surface area contributed by atoms with Crippen LogP contribution in [-0.4, -0.2) is 37.3 Å². The molecular weight excluding hydrogens is 298 g/mol. The number of methoxy groups -OCH3 is 1. The fraction of sp³-hybridized carbons (Fsp3) is 0.462. The third-order valence-electron chi connectivity index (χ3n) is 2.97. The summed E-state index contributed by atoms with van der Waals surface area (Å²) in [6.45, 7) is 1.37. The number of hydrogen-bond acceptors (Lipinski definition) is 3. The van der Waals surface area contributed by atoms with Crippen molar-refractivity contribution >= 4 is 22.0 Å². The molecule has 1 fully saturated rings. The summed E-state index contributed by atoms with van der Waals surface area (Å²) < 4.78 is 11.6. The molecule has 1 aliphatic rings. The molecule has 0 spiro atoms. The Bertz CT molecular complexity index is 416. The zero-order valence-electron chi connectivity index (χ0n) is 10.3. The molecule has 98 valence electrons. The minimum absolute atomic E-state index is 0.167. The van der Waals surface area contributed by atoms with Crippen molar-refractivity contribution in [2.24, 2.45) is 0 Å². The van der Waals surface area contributed by atoms with Crippen LogP contribution in [0.4, 0.5) is 4.79 Å². The van der Waals surface area contributed by atoms with Gasteiger partial charge in [-0.05, 0) is 18.2 Å². The van der Waals surface area contributed by atoms with Crippen molar-refractivity contribution in [3.63, 3.8) is 0 Å². The fourth-order valence-corrected chi connectivity index (χ4v) is 2.40. The van der Waals surface area contributed by atoms with Gasteiger partial charge in [-0.3, -0.25) is 0 Å². The number of rotatable bonds is 2. The number of carbonyl (C=O) groups is 1. The summed E-state index contributed by atoms with van der Waals surface area (Å²) in [5, 5.41) is 0. The standard InChI is InChI=1S/C13H16BrNO3/c1-17-13(16)15-7-5-11(6-8-15)18-12-4-2-3-10(14)9-12/h2-4,9,11H,5-8H2,1H3. The Kier molecular flexibility index (Phi) is 4.47. The second-order valence-electron chi connectivity index (χ2n) is 4.23. The van der Waals surface area contributed by atoms with Gasteiger partial charge in [0.25, 0.3) is 0 Å². The van der Waals surface area contributed by atoms with Crippen LogP contribution in [0.1, 0.15) is 12.8 Å². The molecule has 1 aromatic carbocycles. The van der Waals surface area contributed by atoms with Gasteiger partial charge in [0.1, 0.15) is 11.9 Å². The maximum absolute atomic E-state index is 11.3. The molecule has 0 N–H and O–H groups in total. The van der Waals surface area contributed by atoms with Gasteiger partial charge in [0.05, 0.1) is 7.11 Å². The molecule has 1 aliphatic heterocycles. The molecule has 2 rings (SSSR count). The SMILES string of the molecule is COC(=O)N1CCC(Oc2cccc(Br)c2)CC1. The number of benzene rings is 1. The summed E-state index contributed by atoms with van der Waals surface area (Å²) >= 11 is 3.42. The monoisotopic (exact) mass is 313 g/mol. The van der Waals surface area contributed by atoms with E-state index in [4.69, 9.17) is 9.47 Å². The molecule has 0 atom stereocenters.